The lowest BCUT2D eigenvalue weighted by Crippen LogP contribution is -2.42. The van der Waals surface area contributed by atoms with Gasteiger partial charge in [-0.3, -0.25) is 25.4 Å². The number of halogens is 7. The van der Waals surface area contributed by atoms with Crippen LogP contribution >= 0.6 is 23.2 Å². The third-order valence-corrected chi connectivity index (χ3v) is 6.14. The van der Waals surface area contributed by atoms with Crippen molar-refractivity contribution in [3.05, 3.63) is 99.6 Å². The van der Waals surface area contributed by atoms with Crippen LogP contribution in [0.15, 0.2) is 67.0 Å². The van der Waals surface area contributed by atoms with Gasteiger partial charge in [0, 0.05) is 29.1 Å². The SMILES string of the molecule is O=C(N/C=C/NOCCF)c1ccc(C2=CC(c3cc(Cl)c(F)c(Cl)c3)(C(F)(F)F)ON2)c2ccccc12. The van der Waals surface area contributed by atoms with Crippen LogP contribution in [0.4, 0.5) is 22.0 Å². The molecule has 1 aliphatic rings. The van der Waals surface area contributed by atoms with Gasteiger partial charge in [-0.2, -0.15) is 13.2 Å². The number of rotatable bonds is 8. The molecule has 4 rings (SSSR count). The van der Waals surface area contributed by atoms with E-state index in [-0.39, 0.29) is 17.9 Å². The minimum atomic E-state index is -4.99. The molecule has 6 nitrogen and oxygen atoms in total. The normalized spacial score (nSPS) is 17.5. The van der Waals surface area contributed by atoms with E-state index in [1.54, 1.807) is 24.3 Å². The van der Waals surface area contributed by atoms with Crippen molar-refractivity contribution in [1.82, 2.24) is 16.3 Å². The molecule has 0 aliphatic carbocycles. The fourth-order valence-corrected chi connectivity index (χ4v) is 4.34. The van der Waals surface area contributed by atoms with Crippen LogP contribution in [0.25, 0.3) is 16.5 Å². The molecule has 1 atom stereocenters. The fraction of sp³-hybridized carbons (Fsp3) is 0.160. The third-order valence-electron chi connectivity index (χ3n) is 5.59. The number of hydroxylamine groups is 2. The maximum atomic E-state index is 14.4. The molecule has 0 saturated heterocycles. The molecule has 3 aromatic rings. The monoisotopic (exact) mass is 573 g/mol. The topological polar surface area (TPSA) is 71.6 Å². The summed E-state index contributed by atoms with van der Waals surface area (Å²) in [4.78, 5) is 22.5. The van der Waals surface area contributed by atoms with Crippen LogP contribution < -0.4 is 16.3 Å². The molecule has 200 valence electrons. The lowest BCUT2D eigenvalue weighted by atomic mass is 9.90. The number of carbonyl (C=O) groups is 1. The highest BCUT2D eigenvalue weighted by molar-refractivity contribution is 6.35. The molecule has 3 N–H and O–H groups in total. The Morgan fingerprint density at radius 3 is 2.42 bits per heavy atom. The Hall–Kier alpha value is -3.38. The van der Waals surface area contributed by atoms with Gasteiger partial charge in [0.1, 0.15) is 13.3 Å². The van der Waals surface area contributed by atoms with Gasteiger partial charge in [-0.25, -0.2) is 8.78 Å². The van der Waals surface area contributed by atoms with Gasteiger partial charge in [-0.1, -0.05) is 53.5 Å². The van der Waals surface area contributed by atoms with Gasteiger partial charge in [0.05, 0.1) is 15.7 Å². The summed E-state index contributed by atoms with van der Waals surface area (Å²) in [5.41, 5.74) is 1.59. The van der Waals surface area contributed by atoms with Gasteiger partial charge < -0.3 is 5.32 Å². The number of nitrogens with one attached hydrogen (secondary N) is 3. The Balaban J connectivity index is 1.73. The largest absolute Gasteiger partial charge is 0.428 e. The van der Waals surface area contributed by atoms with E-state index in [0.717, 1.165) is 18.2 Å². The second-order valence-electron chi connectivity index (χ2n) is 7.92. The molecule has 1 amide bonds. The zero-order valence-corrected chi connectivity index (χ0v) is 20.6. The second kappa shape index (κ2) is 11.2. The van der Waals surface area contributed by atoms with Crippen LogP contribution in [-0.4, -0.2) is 25.4 Å². The Morgan fingerprint density at radius 2 is 1.76 bits per heavy atom. The van der Waals surface area contributed by atoms with E-state index in [1.807, 2.05) is 0 Å². The summed E-state index contributed by atoms with van der Waals surface area (Å²) < 4.78 is 69.1. The predicted molar refractivity (Wildman–Crippen MR) is 132 cm³/mol. The molecule has 1 aliphatic heterocycles. The molecular weight excluding hydrogens is 556 g/mol. The molecular formula is C25H18Cl2F5N3O3. The molecule has 3 aromatic carbocycles. The second-order valence-corrected chi connectivity index (χ2v) is 8.73. The summed E-state index contributed by atoms with van der Waals surface area (Å²) in [7, 11) is 0. The predicted octanol–water partition coefficient (Wildman–Crippen LogP) is 6.31. The van der Waals surface area contributed by atoms with Crippen LogP contribution in [0.2, 0.25) is 10.0 Å². The first kappa shape index (κ1) is 27.6. The maximum Gasteiger partial charge on any atom is 0.428 e. The molecule has 0 radical (unpaired) electrons. The zero-order chi connectivity index (χ0) is 27.5. The number of amides is 1. The minimum Gasteiger partial charge on any atom is -0.327 e. The van der Waals surface area contributed by atoms with E-state index < -0.39 is 45.8 Å². The van der Waals surface area contributed by atoms with Crippen molar-refractivity contribution in [2.45, 2.75) is 11.8 Å². The van der Waals surface area contributed by atoms with Crippen LogP contribution in [0.3, 0.4) is 0 Å². The van der Waals surface area contributed by atoms with Crippen LogP contribution in [0, 0.1) is 5.82 Å². The number of carbonyl (C=O) groups excluding carboxylic acids is 1. The first-order valence-electron chi connectivity index (χ1n) is 10.9. The number of benzene rings is 3. The van der Waals surface area contributed by atoms with Crippen molar-refractivity contribution in [2.24, 2.45) is 0 Å². The molecule has 0 spiro atoms. The molecule has 1 heterocycles. The zero-order valence-electron chi connectivity index (χ0n) is 19.1. The average molecular weight is 574 g/mol. The van der Waals surface area contributed by atoms with E-state index >= 15 is 0 Å². The summed E-state index contributed by atoms with van der Waals surface area (Å²) in [6.07, 6.45) is -1.69. The minimum absolute atomic E-state index is 0.0452. The van der Waals surface area contributed by atoms with E-state index in [4.69, 9.17) is 32.9 Å². The Kier molecular flexibility index (Phi) is 8.12. The first-order chi connectivity index (χ1) is 18.1. The number of hydrogen-bond acceptors (Lipinski definition) is 5. The molecule has 38 heavy (non-hydrogen) atoms. The van der Waals surface area contributed by atoms with Crippen molar-refractivity contribution in [3.8, 4) is 0 Å². The summed E-state index contributed by atoms with van der Waals surface area (Å²) >= 11 is 11.5. The summed E-state index contributed by atoms with van der Waals surface area (Å²) in [5.74, 6) is -1.57. The quantitative estimate of drug-likeness (QED) is 0.127. The highest BCUT2D eigenvalue weighted by Gasteiger charge is 2.60. The highest BCUT2D eigenvalue weighted by atomic mass is 35.5. The van der Waals surface area contributed by atoms with E-state index in [1.165, 1.54) is 24.5 Å². The molecule has 0 aromatic heterocycles. The smallest absolute Gasteiger partial charge is 0.327 e. The fourth-order valence-electron chi connectivity index (χ4n) is 3.85. The number of fused-ring (bicyclic) bond motifs is 1. The van der Waals surface area contributed by atoms with Crippen LogP contribution in [0.5, 0.6) is 0 Å². The van der Waals surface area contributed by atoms with Gasteiger partial charge in [0.25, 0.3) is 5.91 Å². The van der Waals surface area contributed by atoms with Crippen molar-refractivity contribution in [1.29, 1.82) is 0 Å². The molecule has 1 unspecified atom stereocenters. The van der Waals surface area contributed by atoms with Gasteiger partial charge in [0.2, 0.25) is 5.60 Å². The summed E-state index contributed by atoms with van der Waals surface area (Å²) in [6, 6.07) is 11.1. The van der Waals surface area contributed by atoms with Gasteiger partial charge >= 0.3 is 6.18 Å². The van der Waals surface area contributed by atoms with Crippen LogP contribution in [-0.2, 0) is 15.3 Å². The van der Waals surface area contributed by atoms with Crippen molar-refractivity contribution in [3.63, 3.8) is 0 Å². The Labute approximate surface area is 222 Å². The summed E-state index contributed by atoms with van der Waals surface area (Å²) in [5, 5.41) is 2.21. The lowest BCUT2D eigenvalue weighted by molar-refractivity contribution is -0.269. The van der Waals surface area contributed by atoms with Crippen molar-refractivity contribution in [2.75, 3.05) is 13.3 Å². The molecule has 13 heteroatoms. The van der Waals surface area contributed by atoms with Crippen molar-refractivity contribution < 1.29 is 36.4 Å². The highest BCUT2D eigenvalue weighted by Crippen LogP contribution is 2.49. The Bertz CT molecular complexity index is 1410. The van der Waals surface area contributed by atoms with Crippen molar-refractivity contribution >= 4 is 45.6 Å². The first-order valence-corrected chi connectivity index (χ1v) is 11.6. The standard InChI is InChI=1S/C25H18Cl2F5N3O3/c26-19-11-14(12-20(27)22(19)29)24(25(30,31)32)13-21(35-38-24)17-5-6-18(16-4-2-1-3-15(16)17)23(36)33-8-9-34-37-10-7-28/h1-6,8-9,11-13,34-35H,7,10H2,(H,33,36)/b9-8+. The molecule has 0 saturated carbocycles. The molecule has 0 bridgehead atoms. The average Bonchev–Trinajstić information content (AvgIpc) is 3.35. The Morgan fingerprint density at radius 1 is 1.08 bits per heavy atom. The van der Waals surface area contributed by atoms with Gasteiger partial charge in [0.15, 0.2) is 5.82 Å². The van der Waals surface area contributed by atoms with E-state index in [0.29, 0.717) is 16.3 Å². The number of hydrogen-bond donors (Lipinski definition) is 3. The third kappa shape index (κ3) is 5.28. The number of alkyl halides is 4. The lowest BCUT2D eigenvalue weighted by Gasteiger charge is -2.28. The van der Waals surface area contributed by atoms with Gasteiger partial charge in [-0.05, 0) is 35.0 Å². The summed E-state index contributed by atoms with van der Waals surface area (Å²) in [6.45, 7) is -0.855. The maximum absolute atomic E-state index is 14.4. The van der Waals surface area contributed by atoms with E-state index in [9.17, 15) is 26.7 Å². The van der Waals surface area contributed by atoms with E-state index in [2.05, 4.69) is 16.3 Å². The van der Waals surface area contributed by atoms with Crippen LogP contribution in [0.1, 0.15) is 21.5 Å². The van der Waals surface area contributed by atoms with Gasteiger partial charge in [-0.15, -0.1) is 0 Å². The molecule has 0 fully saturated rings.